The van der Waals surface area contributed by atoms with Crippen LogP contribution in [0, 0.1) is 34.5 Å². The van der Waals surface area contributed by atoms with E-state index in [0.717, 1.165) is 30.1 Å². The van der Waals surface area contributed by atoms with Gasteiger partial charge in [-0.1, -0.05) is 38.8 Å². The van der Waals surface area contributed by atoms with Gasteiger partial charge in [0.2, 0.25) is 0 Å². The summed E-state index contributed by atoms with van der Waals surface area (Å²) in [5.41, 5.74) is 2.72. The van der Waals surface area contributed by atoms with Crippen molar-refractivity contribution < 1.29 is 9.47 Å². The van der Waals surface area contributed by atoms with Crippen LogP contribution in [0.2, 0.25) is 0 Å². The third-order valence-corrected chi connectivity index (χ3v) is 9.34. The summed E-state index contributed by atoms with van der Waals surface area (Å²) < 4.78 is 11.8. The van der Waals surface area contributed by atoms with Gasteiger partial charge in [-0.2, -0.15) is 0 Å². The summed E-state index contributed by atoms with van der Waals surface area (Å²) in [5, 5.41) is 0. The van der Waals surface area contributed by atoms with E-state index in [1.54, 1.807) is 5.57 Å². The van der Waals surface area contributed by atoms with Crippen molar-refractivity contribution in [1.29, 1.82) is 0 Å². The maximum atomic E-state index is 5.94. The SMILES string of the molecule is CC[C@H]1CC[C@H]2[C@@H]3CC=C4C[C@@H]5OCO[C@@H]5C[C@]4(C)[C@H]3CC[C@]12C. The Balaban J connectivity index is 1.47. The average molecular weight is 331 g/mol. The fourth-order valence-corrected chi connectivity index (χ4v) is 7.98. The monoisotopic (exact) mass is 330 g/mol. The highest BCUT2D eigenvalue weighted by Gasteiger charge is 2.59. The van der Waals surface area contributed by atoms with Crippen LogP contribution >= 0.6 is 0 Å². The largest absolute Gasteiger partial charge is 0.349 e. The van der Waals surface area contributed by atoms with Crippen molar-refractivity contribution in [1.82, 2.24) is 0 Å². The first kappa shape index (κ1) is 15.9. The van der Waals surface area contributed by atoms with Crippen molar-refractivity contribution >= 4 is 0 Å². The van der Waals surface area contributed by atoms with Gasteiger partial charge >= 0.3 is 0 Å². The van der Waals surface area contributed by atoms with Crippen molar-refractivity contribution in [2.75, 3.05) is 6.79 Å². The summed E-state index contributed by atoms with van der Waals surface area (Å²) in [6, 6.07) is 0. The summed E-state index contributed by atoms with van der Waals surface area (Å²) in [7, 11) is 0. The van der Waals surface area contributed by atoms with Crippen LogP contribution in [0.5, 0.6) is 0 Å². The second-order valence-corrected chi connectivity index (χ2v) is 9.92. The van der Waals surface area contributed by atoms with Gasteiger partial charge in [0.05, 0.1) is 12.2 Å². The van der Waals surface area contributed by atoms with Crippen molar-refractivity contribution in [2.24, 2.45) is 34.5 Å². The van der Waals surface area contributed by atoms with Gasteiger partial charge in [-0.15, -0.1) is 0 Å². The quantitative estimate of drug-likeness (QED) is 0.605. The molecule has 2 heteroatoms. The number of ether oxygens (including phenoxy) is 2. The fraction of sp³-hybridized carbons (Fsp3) is 0.909. The van der Waals surface area contributed by atoms with E-state index in [1.165, 1.54) is 44.9 Å². The van der Waals surface area contributed by atoms with Crippen LogP contribution in [-0.4, -0.2) is 19.0 Å². The molecule has 24 heavy (non-hydrogen) atoms. The Morgan fingerprint density at radius 1 is 1.08 bits per heavy atom. The van der Waals surface area contributed by atoms with E-state index >= 15 is 0 Å². The highest BCUT2D eigenvalue weighted by atomic mass is 16.7. The van der Waals surface area contributed by atoms with E-state index in [9.17, 15) is 0 Å². The molecule has 4 aliphatic carbocycles. The molecule has 2 nitrogen and oxygen atoms in total. The maximum Gasteiger partial charge on any atom is 0.147 e. The zero-order valence-corrected chi connectivity index (χ0v) is 15.7. The fourth-order valence-electron chi connectivity index (χ4n) is 7.98. The van der Waals surface area contributed by atoms with Crippen molar-refractivity contribution in [3.63, 3.8) is 0 Å². The predicted octanol–water partition coefficient (Wildman–Crippen LogP) is 5.33. The smallest absolute Gasteiger partial charge is 0.147 e. The number of fused-ring (bicyclic) bond motifs is 6. The minimum atomic E-state index is 0.339. The maximum absolute atomic E-state index is 5.94. The highest BCUT2D eigenvalue weighted by Crippen LogP contribution is 2.66. The molecule has 0 aromatic rings. The van der Waals surface area contributed by atoms with Crippen LogP contribution in [0.3, 0.4) is 0 Å². The average Bonchev–Trinajstić information content (AvgIpc) is 3.14. The van der Waals surface area contributed by atoms with Crippen LogP contribution in [0.25, 0.3) is 0 Å². The molecule has 0 unspecified atom stereocenters. The first-order chi connectivity index (χ1) is 11.6. The number of rotatable bonds is 1. The van der Waals surface area contributed by atoms with Gasteiger partial charge in [-0.05, 0) is 79.4 Å². The molecule has 4 fully saturated rings. The Morgan fingerprint density at radius 2 is 1.92 bits per heavy atom. The molecule has 0 N–H and O–H groups in total. The lowest BCUT2D eigenvalue weighted by Crippen LogP contribution is -2.52. The van der Waals surface area contributed by atoms with Gasteiger partial charge in [0.1, 0.15) is 6.79 Å². The van der Waals surface area contributed by atoms with Gasteiger partial charge in [0.25, 0.3) is 0 Å². The van der Waals surface area contributed by atoms with E-state index in [1.807, 2.05) is 0 Å². The van der Waals surface area contributed by atoms with Crippen molar-refractivity contribution in [2.45, 2.75) is 84.3 Å². The van der Waals surface area contributed by atoms with Crippen LogP contribution in [0.15, 0.2) is 11.6 Å². The van der Waals surface area contributed by atoms with Gasteiger partial charge in [-0.3, -0.25) is 0 Å². The van der Waals surface area contributed by atoms with Crippen LogP contribution < -0.4 is 0 Å². The molecule has 0 amide bonds. The van der Waals surface area contributed by atoms with E-state index in [-0.39, 0.29) is 0 Å². The van der Waals surface area contributed by atoms with E-state index < -0.39 is 0 Å². The van der Waals surface area contributed by atoms with Gasteiger partial charge in [0.15, 0.2) is 0 Å². The molecule has 5 rings (SSSR count). The molecule has 3 saturated carbocycles. The normalized spacial score (nSPS) is 56.0. The lowest BCUT2D eigenvalue weighted by atomic mass is 9.47. The second-order valence-electron chi connectivity index (χ2n) is 9.92. The number of allylic oxidation sites excluding steroid dienone is 1. The summed E-state index contributed by atoms with van der Waals surface area (Å²) in [4.78, 5) is 0. The Hall–Kier alpha value is -0.340. The number of hydrogen-bond acceptors (Lipinski definition) is 2. The third kappa shape index (κ3) is 1.96. The first-order valence-corrected chi connectivity index (χ1v) is 10.5. The van der Waals surface area contributed by atoms with Gasteiger partial charge < -0.3 is 9.47 Å². The first-order valence-electron chi connectivity index (χ1n) is 10.5. The molecule has 5 aliphatic rings. The molecule has 0 radical (unpaired) electrons. The molecule has 1 heterocycles. The highest BCUT2D eigenvalue weighted by molar-refractivity contribution is 5.27. The molecular weight excluding hydrogens is 296 g/mol. The predicted molar refractivity (Wildman–Crippen MR) is 95.5 cm³/mol. The molecule has 1 aliphatic heterocycles. The lowest BCUT2D eigenvalue weighted by molar-refractivity contribution is -0.0612. The standard InChI is InChI=1S/C22H34O2/c1-4-14-6-8-17-16-7-5-15-11-19-20(24-13-23-19)12-22(15,3)18(16)9-10-21(14,17)2/h5,14,16-20H,4,6-13H2,1-3H3/t14-,16-,17-,18-,19-,20+,21+,22-/m0/s1. The van der Waals surface area contributed by atoms with Gasteiger partial charge in [-0.25, -0.2) is 0 Å². The second kappa shape index (κ2) is 5.33. The Bertz CT molecular complexity index is 554. The summed E-state index contributed by atoms with van der Waals surface area (Å²) in [6.45, 7) is 8.15. The van der Waals surface area contributed by atoms with Crippen LogP contribution in [-0.2, 0) is 9.47 Å². The molecular formula is C22H34O2. The van der Waals surface area contributed by atoms with Crippen LogP contribution in [0.1, 0.15) is 72.1 Å². The molecule has 0 spiro atoms. The summed E-state index contributed by atoms with van der Waals surface area (Å²) >= 11 is 0. The van der Waals surface area contributed by atoms with Crippen molar-refractivity contribution in [3.8, 4) is 0 Å². The lowest BCUT2D eigenvalue weighted by Gasteiger charge is -2.58. The minimum Gasteiger partial charge on any atom is -0.349 e. The van der Waals surface area contributed by atoms with E-state index in [0.29, 0.717) is 29.8 Å². The van der Waals surface area contributed by atoms with Crippen LogP contribution in [0.4, 0.5) is 0 Å². The summed E-state index contributed by atoms with van der Waals surface area (Å²) in [5.74, 6) is 3.75. The molecule has 1 saturated heterocycles. The molecule has 134 valence electrons. The van der Waals surface area contributed by atoms with E-state index in [2.05, 4.69) is 26.8 Å². The summed E-state index contributed by atoms with van der Waals surface area (Å²) in [6.07, 6.45) is 14.3. The van der Waals surface area contributed by atoms with Crippen molar-refractivity contribution in [3.05, 3.63) is 11.6 Å². The molecule has 0 bridgehead atoms. The molecule has 8 atom stereocenters. The topological polar surface area (TPSA) is 18.5 Å². The number of hydrogen-bond donors (Lipinski definition) is 0. The Labute approximate surface area is 147 Å². The molecule has 0 aromatic carbocycles. The zero-order chi connectivity index (χ0) is 16.5. The Kier molecular flexibility index (Phi) is 3.53. The molecule has 0 aromatic heterocycles. The van der Waals surface area contributed by atoms with E-state index in [4.69, 9.17) is 9.47 Å². The minimum absolute atomic E-state index is 0.339. The zero-order valence-electron chi connectivity index (χ0n) is 15.7. The third-order valence-electron chi connectivity index (χ3n) is 9.34. The van der Waals surface area contributed by atoms with Gasteiger partial charge in [0, 0.05) is 0 Å². The Morgan fingerprint density at radius 3 is 2.75 bits per heavy atom.